The summed E-state index contributed by atoms with van der Waals surface area (Å²) in [4.78, 5) is 10.1. The number of benzene rings is 2. The number of ether oxygens (including phenoxy) is 3. The van der Waals surface area contributed by atoms with Crippen molar-refractivity contribution >= 4 is 52.1 Å². The number of hydrogen-bond acceptors (Lipinski definition) is 6. The monoisotopic (exact) mass is 610 g/mol. The highest BCUT2D eigenvalue weighted by Gasteiger charge is 2.14. The van der Waals surface area contributed by atoms with Gasteiger partial charge in [-0.1, -0.05) is 81.9 Å². The number of nitrogens with zero attached hydrogens (tertiary/aromatic N) is 2. The molecule has 0 radical (unpaired) electrons. The molecule has 0 saturated carbocycles. The third-order valence-electron chi connectivity index (χ3n) is 4.96. The zero-order chi connectivity index (χ0) is 28.3. The Balaban J connectivity index is 1.47. The molecule has 0 aliphatic carbocycles. The fourth-order valence-electron chi connectivity index (χ4n) is 3.17. The zero-order valence-electron chi connectivity index (χ0n) is 21.9. The molecule has 1 heterocycles. The average Bonchev–Trinajstić information content (AvgIpc) is 2.88. The van der Waals surface area contributed by atoms with Crippen LogP contribution in [0.1, 0.15) is 44.7 Å². The number of oxime groups is 1. The number of unbranched alkanes of at least 4 members (excludes halogenated alkanes) is 1. The molecule has 0 saturated heterocycles. The number of pyridine rings is 1. The van der Waals surface area contributed by atoms with Crippen LogP contribution in [0.2, 0.25) is 10.0 Å². The summed E-state index contributed by atoms with van der Waals surface area (Å²) in [5.74, 6) is 1.41. The van der Waals surface area contributed by atoms with Gasteiger partial charge in [-0.05, 0) is 45.8 Å². The number of aromatic nitrogens is 1. The third-order valence-corrected chi connectivity index (χ3v) is 5.83. The van der Waals surface area contributed by atoms with Crippen molar-refractivity contribution in [2.24, 2.45) is 5.16 Å². The molecule has 0 unspecified atom stereocenters. The fraction of sp³-hybridized carbons (Fsp3) is 0.310. The van der Waals surface area contributed by atoms with Crippen molar-refractivity contribution in [3.8, 4) is 17.4 Å². The molecule has 0 amide bonds. The van der Waals surface area contributed by atoms with E-state index in [0.29, 0.717) is 46.3 Å². The Morgan fingerprint density at radius 1 is 0.872 bits per heavy atom. The number of halogens is 4. The Morgan fingerprint density at radius 2 is 1.54 bits per heavy atom. The standard InChI is InChI=1S/C29H30Cl4N2O4/c1-29(2,3)39-35-27(20-9-5-4-6-10-20)21-11-12-26(34-19-21)37-14-7-8-15-38-28-23(30)17-22(18-24(28)31)36-16-13-25(32)33/h4-6,9-13,17-19H,7-8,14-16H2,1-3H3. The van der Waals surface area contributed by atoms with Crippen LogP contribution in [0.15, 0.2) is 76.5 Å². The van der Waals surface area contributed by atoms with Gasteiger partial charge in [-0.25, -0.2) is 4.98 Å². The molecule has 39 heavy (non-hydrogen) atoms. The van der Waals surface area contributed by atoms with Crippen LogP contribution in [0.4, 0.5) is 0 Å². The van der Waals surface area contributed by atoms with Gasteiger partial charge >= 0.3 is 0 Å². The van der Waals surface area contributed by atoms with E-state index >= 15 is 0 Å². The first-order valence-electron chi connectivity index (χ1n) is 12.3. The topological polar surface area (TPSA) is 62.2 Å². The van der Waals surface area contributed by atoms with Gasteiger partial charge in [0.1, 0.15) is 28.2 Å². The van der Waals surface area contributed by atoms with Gasteiger partial charge in [0.25, 0.3) is 0 Å². The van der Waals surface area contributed by atoms with Gasteiger partial charge in [-0.3, -0.25) is 0 Å². The van der Waals surface area contributed by atoms with E-state index < -0.39 is 5.60 Å². The van der Waals surface area contributed by atoms with Crippen LogP contribution in [0.3, 0.4) is 0 Å². The Labute approximate surface area is 249 Å². The minimum atomic E-state index is -0.411. The summed E-state index contributed by atoms with van der Waals surface area (Å²) >= 11 is 23.8. The van der Waals surface area contributed by atoms with E-state index in [0.717, 1.165) is 24.0 Å². The van der Waals surface area contributed by atoms with Gasteiger partial charge in [-0.2, -0.15) is 0 Å². The molecule has 208 valence electrons. The molecule has 6 nitrogen and oxygen atoms in total. The fourth-order valence-corrected chi connectivity index (χ4v) is 3.87. The van der Waals surface area contributed by atoms with E-state index in [-0.39, 0.29) is 11.1 Å². The molecule has 10 heteroatoms. The second-order valence-corrected chi connectivity index (χ2v) is 11.1. The van der Waals surface area contributed by atoms with E-state index in [1.54, 1.807) is 18.3 Å². The molecular weight excluding hydrogens is 582 g/mol. The predicted octanol–water partition coefficient (Wildman–Crippen LogP) is 8.89. The summed E-state index contributed by atoms with van der Waals surface area (Å²) in [6.45, 7) is 6.95. The normalized spacial score (nSPS) is 11.6. The van der Waals surface area contributed by atoms with Crippen LogP contribution in [-0.2, 0) is 4.84 Å². The number of rotatable bonds is 13. The van der Waals surface area contributed by atoms with Crippen molar-refractivity contribution in [3.05, 3.63) is 92.5 Å². The lowest BCUT2D eigenvalue weighted by Crippen LogP contribution is -2.17. The van der Waals surface area contributed by atoms with E-state index in [1.165, 1.54) is 6.08 Å². The summed E-state index contributed by atoms with van der Waals surface area (Å²) < 4.78 is 17.2. The summed E-state index contributed by atoms with van der Waals surface area (Å²) in [7, 11) is 0. The first kappa shape index (κ1) is 30.9. The molecule has 1 aromatic heterocycles. The van der Waals surface area contributed by atoms with Crippen LogP contribution in [-0.4, -0.2) is 36.1 Å². The highest BCUT2D eigenvalue weighted by Crippen LogP contribution is 2.37. The van der Waals surface area contributed by atoms with Gasteiger partial charge < -0.3 is 19.0 Å². The van der Waals surface area contributed by atoms with Crippen molar-refractivity contribution in [1.82, 2.24) is 4.98 Å². The summed E-state index contributed by atoms with van der Waals surface area (Å²) in [6.07, 6.45) is 4.73. The minimum absolute atomic E-state index is 0.122. The van der Waals surface area contributed by atoms with Crippen LogP contribution in [0.25, 0.3) is 0 Å². The zero-order valence-corrected chi connectivity index (χ0v) is 24.9. The maximum atomic E-state index is 6.31. The van der Waals surface area contributed by atoms with E-state index in [2.05, 4.69) is 10.1 Å². The van der Waals surface area contributed by atoms with Crippen LogP contribution in [0, 0.1) is 0 Å². The largest absolute Gasteiger partial charge is 0.490 e. The Bertz CT molecular complexity index is 1230. The Kier molecular flexibility index (Phi) is 12.1. The molecule has 3 rings (SSSR count). The molecule has 0 N–H and O–H groups in total. The van der Waals surface area contributed by atoms with Gasteiger partial charge in [0.2, 0.25) is 5.88 Å². The highest BCUT2D eigenvalue weighted by atomic mass is 35.5. The van der Waals surface area contributed by atoms with Gasteiger partial charge in [0, 0.05) is 35.5 Å². The summed E-state index contributed by atoms with van der Waals surface area (Å²) in [6, 6.07) is 16.8. The second-order valence-electron chi connectivity index (χ2n) is 9.32. The van der Waals surface area contributed by atoms with Crippen molar-refractivity contribution in [3.63, 3.8) is 0 Å². The minimum Gasteiger partial charge on any atom is -0.490 e. The summed E-state index contributed by atoms with van der Waals surface area (Å²) in [5, 5.41) is 5.11. The smallest absolute Gasteiger partial charge is 0.213 e. The molecule has 2 aromatic carbocycles. The SMILES string of the molecule is CC(C)(C)ON=C(c1ccccc1)c1ccc(OCCCCOc2c(Cl)cc(OCC=C(Cl)Cl)cc2Cl)nc1. The second kappa shape index (κ2) is 15.2. The van der Waals surface area contributed by atoms with E-state index in [4.69, 9.17) is 65.5 Å². The molecule has 0 atom stereocenters. The van der Waals surface area contributed by atoms with E-state index in [9.17, 15) is 0 Å². The van der Waals surface area contributed by atoms with Crippen LogP contribution in [0.5, 0.6) is 17.4 Å². The van der Waals surface area contributed by atoms with Crippen molar-refractivity contribution in [2.45, 2.75) is 39.2 Å². The molecule has 0 spiro atoms. The molecule has 0 aliphatic heterocycles. The van der Waals surface area contributed by atoms with Crippen molar-refractivity contribution in [1.29, 1.82) is 0 Å². The Morgan fingerprint density at radius 3 is 2.13 bits per heavy atom. The van der Waals surface area contributed by atoms with Crippen molar-refractivity contribution in [2.75, 3.05) is 19.8 Å². The lowest BCUT2D eigenvalue weighted by atomic mass is 10.0. The number of hydrogen-bond donors (Lipinski definition) is 0. The Hall–Kier alpha value is -2.64. The van der Waals surface area contributed by atoms with E-state index in [1.807, 2.05) is 63.2 Å². The van der Waals surface area contributed by atoms with Crippen LogP contribution >= 0.6 is 46.4 Å². The highest BCUT2D eigenvalue weighted by molar-refractivity contribution is 6.55. The van der Waals surface area contributed by atoms with Crippen LogP contribution < -0.4 is 14.2 Å². The van der Waals surface area contributed by atoms with Gasteiger partial charge in [0.05, 0.1) is 23.3 Å². The maximum absolute atomic E-state index is 6.31. The maximum Gasteiger partial charge on any atom is 0.213 e. The average molecular weight is 612 g/mol. The molecule has 0 aliphatic rings. The molecule has 0 fully saturated rings. The predicted molar refractivity (Wildman–Crippen MR) is 159 cm³/mol. The molecule has 0 bridgehead atoms. The first-order chi connectivity index (χ1) is 18.6. The lowest BCUT2D eigenvalue weighted by Gasteiger charge is -2.17. The van der Waals surface area contributed by atoms with Gasteiger partial charge in [0.15, 0.2) is 5.75 Å². The lowest BCUT2D eigenvalue weighted by molar-refractivity contribution is 0.00117. The molecule has 3 aromatic rings. The molecular formula is C29H30Cl4N2O4. The third kappa shape index (κ3) is 10.8. The summed E-state index contributed by atoms with van der Waals surface area (Å²) in [5.41, 5.74) is 2.06. The quantitative estimate of drug-likeness (QED) is 0.110. The van der Waals surface area contributed by atoms with Gasteiger partial charge in [-0.15, -0.1) is 0 Å². The van der Waals surface area contributed by atoms with Crippen molar-refractivity contribution < 1.29 is 19.0 Å². The first-order valence-corrected chi connectivity index (χ1v) is 13.8.